The molecule has 2 heteroatoms. The average molecular weight is 287 g/mol. The van der Waals surface area contributed by atoms with Crippen molar-refractivity contribution < 1.29 is 5.11 Å². The van der Waals surface area contributed by atoms with Gasteiger partial charge in [0.05, 0.1) is 6.10 Å². The molecule has 1 saturated carbocycles. The van der Waals surface area contributed by atoms with Gasteiger partial charge in [0, 0.05) is 5.54 Å². The van der Waals surface area contributed by atoms with Gasteiger partial charge in [0.15, 0.2) is 0 Å². The quantitative estimate of drug-likeness (QED) is 0.894. The van der Waals surface area contributed by atoms with E-state index in [1.165, 1.54) is 44.1 Å². The van der Waals surface area contributed by atoms with Gasteiger partial charge in [-0.05, 0) is 69.7 Å². The van der Waals surface area contributed by atoms with Gasteiger partial charge in [0.25, 0.3) is 0 Å². The molecule has 1 aliphatic heterocycles. The van der Waals surface area contributed by atoms with Gasteiger partial charge < -0.3 is 5.11 Å². The summed E-state index contributed by atoms with van der Waals surface area (Å²) >= 11 is 0. The van der Waals surface area contributed by atoms with Crippen LogP contribution in [-0.4, -0.2) is 28.6 Å². The van der Waals surface area contributed by atoms with Crippen LogP contribution >= 0.6 is 0 Å². The lowest BCUT2D eigenvalue weighted by atomic mass is 9.78. The van der Waals surface area contributed by atoms with Gasteiger partial charge in [-0.15, -0.1) is 0 Å². The third kappa shape index (κ3) is 3.02. The molecule has 1 atom stereocenters. The van der Waals surface area contributed by atoms with Crippen LogP contribution in [0.3, 0.4) is 0 Å². The summed E-state index contributed by atoms with van der Waals surface area (Å²) in [6.45, 7) is 6.62. The number of hydrogen-bond donors (Lipinski definition) is 1. The summed E-state index contributed by atoms with van der Waals surface area (Å²) in [5.41, 5.74) is 2.33. The predicted octanol–water partition coefficient (Wildman–Crippen LogP) is 4.25. The molecule has 21 heavy (non-hydrogen) atoms. The summed E-state index contributed by atoms with van der Waals surface area (Å²) in [5, 5.41) is 11.0. The smallest absolute Gasteiger partial charge is 0.0968 e. The van der Waals surface area contributed by atoms with Gasteiger partial charge in [0.1, 0.15) is 0 Å². The van der Waals surface area contributed by atoms with E-state index in [-0.39, 0.29) is 5.54 Å². The maximum Gasteiger partial charge on any atom is 0.0968 e. The standard InChI is InChI=1S/C19H29NO/c1-19(2,20-12-4-3-5-13-20)18(21)17-11-7-10-16(14-17)15-8-6-9-15/h7,10-11,14-15,18,21H,3-6,8-9,12-13H2,1-2H3. The second-order valence-electron chi connectivity index (χ2n) is 7.40. The first kappa shape index (κ1) is 15.1. The molecule has 0 radical (unpaired) electrons. The first-order valence-electron chi connectivity index (χ1n) is 8.62. The number of rotatable bonds is 4. The van der Waals surface area contributed by atoms with E-state index in [2.05, 4.69) is 43.0 Å². The third-order valence-corrected chi connectivity index (χ3v) is 5.64. The molecular formula is C19H29NO. The molecule has 0 aromatic heterocycles. The van der Waals surface area contributed by atoms with E-state index in [0.717, 1.165) is 24.6 Å². The van der Waals surface area contributed by atoms with E-state index >= 15 is 0 Å². The lowest BCUT2D eigenvalue weighted by molar-refractivity contribution is -0.0209. The normalized spacial score (nSPS) is 22.8. The first-order valence-corrected chi connectivity index (χ1v) is 8.62. The minimum absolute atomic E-state index is 0.182. The van der Waals surface area contributed by atoms with Gasteiger partial charge in [-0.2, -0.15) is 0 Å². The van der Waals surface area contributed by atoms with Crippen molar-refractivity contribution in [3.05, 3.63) is 35.4 Å². The molecule has 1 N–H and O–H groups in total. The molecule has 1 heterocycles. The van der Waals surface area contributed by atoms with Crippen molar-refractivity contribution in [1.29, 1.82) is 0 Å². The highest BCUT2D eigenvalue weighted by molar-refractivity contribution is 5.30. The van der Waals surface area contributed by atoms with Crippen LogP contribution in [-0.2, 0) is 0 Å². The summed E-state index contributed by atoms with van der Waals surface area (Å²) in [6, 6.07) is 8.70. The van der Waals surface area contributed by atoms with Crippen molar-refractivity contribution in [2.75, 3.05) is 13.1 Å². The average Bonchev–Trinajstić information content (AvgIpc) is 2.46. The molecule has 3 rings (SSSR count). The third-order valence-electron chi connectivity index (χ3n) is 5.64. The summed E-state index contributed by atoms with van der Waals surface area (Å²) in [5.74, 6) is 0.732. The number of hydrogen-bond acceptors (Lipinski definition) is 2. The van der Waals surface area contributed by atoms with E-state index in [1.54, 1.807) is 0 Å². The molecule has 1 saturated heterocycles. The number of likely N-dealkylation sites (tertiary alicyclic amines) is 1. The van der Waals surface area contributed by atoms with Crippen molar-refractivity contribution >= 4 is 0 Å². The molecule has 0 bridgehead atoms. The summed E-state index contributed by atoms with van der Waals surface area (Å²) in [4.78, 5) is 2.47. The molecular weight excluding hydrogens is 258 g/mol. The Morgan fingerprint density at radius 2 is 1.81 bits per heavy atom. The predicted molar refractivity (Wildman–Crippen MR) is 87.5 cm³/mol. The fourth-order valence-corrected chi connectivity index (χ4v) is 3.78. The number of aliphatic hydroxyl groups is 1. The molecule has 0 spiro atoms. The van der Waals surface area contributed by atoms with Gasteiger partial charge in [0.2, 0.25) is 0 Å². The van der Waals surface area contributed by atoms with Crippen molar-refractivity contribution in [1.82, 2.24) is 4.90 Å². The Kier molecular flexibility index (Phi) is 4.37. The van der Waals surface area contributed by atoms with E-state index in [4.69, 9.17) is 0 Å². The van der Waals surface area contributed by atoms with E-state index < -0.39 is 6.10 Å². The highest BCUT2D eigenvalue weighted by Gasteiger charge is 2.36. The van der Waals surface area contributed by atoms with Gasteiger partial charge in [-0.25, -0.2) is 0 Å². The van der Waals surface area contributed by atoms with Crippen molar-refractivity contribution in [3.63, 3.8) is 0 Å². The van der Waals surface area contributed by atoms with E-state index in [9.17, 15) is 5.11 Å². The maximum absolute atomic E-state index is 11.0. The second-order valence-corrected chi connectivity index (χ2v) is 7.40. The molecule has 1 aromatic rings. The molecule has 0 amide bonds. The minimum atomic E-state index is -0.407. The molecule has 1 aromatic carbocycles. The fourth-order valence-electron chi connectivity index (χ4n) is 3.78. The lowest BCUT2D eigenvalue weighted by Gasteiger charge is -2.44. The van der Waals surface area contributed by atoms with Gasteiger partial charge in [-0.1, -0.05) is 37.1 Å². The van der Waals surface area contributed by atoms with Crippen LogP contribution in [0.5, 0.6) is 0 Å². The largest absolute Gasteiger partial charge is 0.386 e. The molecule has 1 unspecified atom stereocenters. The molecule has 2 nitrogen and oxygen atoms in total. The SMILES string of the molecule is CC(C)(C(O)c1cccc(C2CCC2)c1)N1CCCCC1. The number of benzene rings is 1. The Morgan fingerprint density at radius 3 is 2.43 bits per heavy atom. The van der Waals surface area contributed by atoms with Crippen LogP contribution in [0.25, 0.3) is 0 Å². The Bertz CT molecular complexity index is 472. The zero-order valence-electron chi connectivity index (χ0n) is 13.5. The van der Waals surface area contributed by atoms with Crippen LogP contribution in [0.1, 0.15) is 75.5 Å². The zero-order chi connectivity index (χ0) is 14.9. The first-order chi connectivity index (χ1) is 10.1. The summed E-state index contributed by atoms with van der Waals surface area (Å²) in [7, 11) is 0. The Hall–Kier alpha value is -0.860. The number of piperidine rings is 1. The number of nitrogens with zero attached hydrogens (tertiary/aromatic N) is 1. The molecule has 2 fully saturated rings. The summed E-state index contributed by atoms with van der Waals surface area (Å²) < 4.78 is 0. The van der Waals surface area contributed by atoms with Crippen LogP contribution in [0.4, 0.5) is 0 Å². The monoisotopic (exact) mass is 287 g/mol. The van der Waals surface area contributed by atoms with Crippen molar-refractivity contribution in [3.8, 4) is 0 Å². The van der Waals surface area contributed by atoms with Crippen LogP contribution in [0.2, 0.25) is 0 Å². The molecule has 2 aliphatic rings. The lowest BCUT2D eigenvalue weighted by Crippen LogP contribution is -2.50. The minimum Gasteiger partial charge on any atom is -0.386 e. The van der Waals surface area contributed by atoms with Crippen LogP contribution in [0, 0.1) is 0 Å². The van der Waals surface area contributed by atoms with Crippen LogP contribution < -0.4 is 0 Å². The summed E-state index contributed by atoms with van der Waals surface area (Å²) in [6.07, 6.45) is 7.44. The molecule has 1 aliphatic carbocycles. The topological polar surface area (TPSA) is 23.5 Å². The van der Waals surface area contributed by atoms with Crippen LogP contribution in [0.15, 0.2) is 24.3 Å². The Morgan fingerprint density at radius 1 is 1.10 bits per heavy atom. The maximum atomic E-state index is 11.0. The zero-order valence-corrected chi connectivity index (χ0v) is 13.5. The fraction of sp³-hybridized carbons (Fsp3) is 0.684. The number of aliphatic hydroxyl groups excluding tert-OH is 1. The Balaban J connectivity index is 1.77. The second kappa shape index (κ2) is 6.10. The highest BCUT2D eigenvalue weighted by Crippen LogP contribution is 2.39. The van der Waals surface area contributed by atoms with E-state index in [1.807, 2.05) is 0 Å². The van der Waals surface area contributed by atoms with Gasteiger partial charge >= 0.3 is 0 Å². The van der Waals surface area contributed by atoms with E-state index in [0.29, 0.717) is 0 Å². The van der Waals surface area contributed by atoms with Crippen molar-refractivity contribution in [2.45, 2.75) is 69.9 Å². The highest BCUT2D eigenvalue weighted by atomic mass is 16.3. The molecule has 116 valence electrons. The van der Waals surface area contributed by atoms with Crippen molar-refractivity contribution in [2.24, 2.45) is 0 Å². The van der Waals surface area contributed by atoms with Gasteiger partial charge in [-0.3, -0.25) is 4.90 Å². The Labute approximate surface area is 129 Å².